The summed E-state index contributed by atoms with van der Waals surface area (Å²) in [7, 11) is 0. The van der Waals surface area contributed by atoms with Gasteiger partial charge >= 0.3 is 0 Å². The van der Waals surface area contributed by atoms with Crippen LogP contribution in [0.5, 0.6) is 0 Å². The number of benzene rings is 1. The molecule has 3 nitrogen and oxygen atoms in total. The van der Waals surface area contributed by atoms with Gasteiger partial charge in [-0.3, -0.25) is 4.90 Å². The number of hydrogen-bond acceptors (Lipinski definition) is 3. The van der Waals surface area contributed by atoms with Crippen LogP contribution >= 0.6 is 0 Å². The summed E-state index contributed by atoms with van der Waals surface area (Å²) in [6, 6.07) is 3.95. The Morgan fingerprint density at radius 3 is 2.80 bits per heavy atom. The highest BCUT2D eigenvalue weighted by Crippen LogP contribution is 2.24. The smallest absolute Gasteiger partial charge is 0.159 e. The van der Waals surface area contributed by atoms with E-state index in [-0.39, 0.29) is 12.7 Å². The molecule has 0 amide bonds. The largest absolute Gasteiger partial charge is 0.396 e. The molecule has 1 aliphatic rings. The third-order valence-corrected chi connectivity index (χ3v) is 3.60. The first-order chi connectivity index (χ1) is 9.70. The number of aliphatic hydroxyl groups excluding tert-OH is 1. The van der Waals surface area contributed by atoms with Crippen LogP contribution in [-0.2, 0) is 4.74 Å². The molecule has 1 aromatic carbocycles. The van der Waals surface area contributed by atoms with Crippen LogP contribution in [0, 0.1) is 11.6 Å². The van der Waals surface area contributed by atoms with E-state index < -0.39 is 11.6 Å². The Morgan fingerprint density at radius 1 is 1.20 bits per heavy atom. The number of nitrogens with zero attached hydrogens (tertiary/aromatic N) is 1. The van der Waals surface area contributed by atoms with E-state index in [0.717, 1.165) is 38.4 Å². The lowest BCUT2D eigenvalue weighted by Crippen LogP contribution is -2.38. The van der Waals surface area contributed by atoms with Crippen molar-refractivity contribution >= 4 is 0 Å². The van der Waals surface area contributed by atoms with Gasteiger partial charge in [-0.25, -0.2) is 8.78 Å². The number of aliphatic hydroxyl groups is 1. The van der Waals surface area contributed by atoms with E-state index in [4.69, 9.17) is 9.84 Å². The second-order valence-corrected chi connectivity index (χ2v) is 5.12. The van der Waals surface area contributed by atoms with E-state index in [1.165, 1.54) is 6.07 Å². The molecule has 1 aromatic rings. The van der Waals surface area contributed by atoms with E-state index in [2.05, 4.69) is 4.90 Å². The molecular weight excluding hydrogens is 264 g/mol. The zero-order valence-corrected chi connectivity index (χ0v) is 11.5. The Labute approximate surface area is 118 Å². The van der Waals surface area contributed by atoms with E-state index in [1.54, 1.807) is 6.07 Å². The van der Waals surface area contributed by atoms with Crippen LogP contribution in [0.25, 0.3) is 0 Å². The van der Waals surface area contributed by atoms with Crippen LogP contribution in [0.3, 0.4) is 0 Å². The molecule has 2 rings (SSSR count). The van der Waals surface area contributed by atoms with Crippen molar-refractivity contribution in [3.8, 4) is 0 Å². The monoisotopic (exact) mass is 285 g/mol. The Hall–Kier alpha value is -1.04. The molecule has 1 atom stereocenters. The van der Waals surface area contributed by atoms with Gasteiger partial charge < -0.3 is 9.84 Å². The van der Waals surface area contributed by atoms with Gasteiger partial charge in [-0.2, -0.15) is 0 Å². The number of rotatable bonds is 6. The molecule has 1 heterocycles. The van der Waals surface area contributed by atoms with E-state index in [1.807, 2.05) is 0 Å². The van der Waals surface area contributed by atoms with E-state index >= 15 is 0 Å². The van der Waals surface area contributed by atoms with Crippen LogP contribution < -0.4 is 0 Å². The van der Waals surface area contributed by atoms with Crippen LogP contribution in [0.2, 0.25) is 0 Å². The van der Waals surface area contributed by atoms with Gasteiger partial charge in [0.25, 0.3) is 0 Å². The van der Waals surface area contributed by atoms with Crippen molar-refractivity contribution in [2.45, 2.75) is 25.4 Å². The minimum Gasteiger partial charge on any atom is -0.396 e. The average Bonchev–Trinajstić information content (AvgIpc) is 2.47. The molecule has 1 N–H and O–H groups in total. The molecule has 1 fully saturated rings. The second kappa shape index (κ2) is 7.67. The Kier molecular flexibility index (Phi) is 5.88. The second-order valence-electron chi connectivity index (χ2n) is 5.12. The standard InChI is InChI=1S/C15H21F2NO2/c16-13-5-4-12(10-14(13)17)15-11-18(7-9-20-15)6-2-1-3-8-19/h4-5,10,15,19H,1-3,6-9,11H2. The summed E-state index contributed by atoms with van der Waals surface area (Å²) in [4.78, 5) is 2.27. The molecule has 0 saturated carbocycles. The molecular formula is C15H21F2NO2. The average molecular weight is 285 g/mol. The summed E-state index contributed by atoms with van der Waals surface area (Å²) in [5.41, 5.74) is 0.684. The summed E-state index contributed by atoms with van der Waals surface area (Å²) in [6.45, 7) is 3.34. The molecule has 0 spiro atoms. The van der Waals surface area contributed by atoms with Crippen molar-refractivity contribution in [2.75, 3.05) is 32.8 Å². The highest BCUT2D eigenvalue weighted by Gasteiger charge is 2.22. The maximum Gasteiger partial charge on any atom is 0.159 e. The van der Waals surface area contributed by atoms with Gasteiger partial charge in [-0.15, -0.1) is 0 Å². The fourth-order valence-electron chi connectivity index (χ4n) is 2.44. The predicted molar refractivity (Wildman–Crippen MR) is 72.4 cm³/mol. The summed E-state index contributed by atoms with van der Waals surface area (Å²) in [6.07, 6.45) is 2.67. The molecule has 0 bridgehead atoms. The molecule has 0 radical (unpaired) electrons. The molecule has 20 heavy (non-hydrogen) atoms. The number of hydrogen-bond donors (Lipinski definition) is 1. The van der Waals surface area contributed by atoms with Crippen molar-refractivity contribution in [1.82, 2.24) is 4.90 Å². The fourth-order valence-corrected chi connectivity index (χ4v) is 2.44. The number of morpholine rings is 1. The Bertz CT molecular complexity index is 428. The first-order valence-electron chi connectivity index (χ1n) is 7.10. The van der Waals surface area contributed by atoms with Gasteiger partial charge in [-0.1, -0.05) is 6.07 Å². The summed E-state index contributed by atoms with van der Waals surface area (Å²) in [5.74, 6) is -1.66. The topological polar surface area (TPSA) is 32.7 Å². The quantitative estimate of drug-likeness (QED) is 0.815. The summed E-state index contributed by atoms with van der Waals surface area (Å²) in [5, 5.41) is 8.74. The van der Waals surface area contributed by atoms with Gasteiger partial charge in [0.05, 0.1) is 12.7 Å². The van der Waals surface area contributed by atoms with E-state index in [9.17, 15) is 8.78 Å². The van der Waals surface area contributed by atoms with Crippen molar-refractivity contribution in [1.29, 1.82) is 0 Å². The van der Waals surface area contributed by atoms with Gasteiger partial charge in [0.2, 0.25) is 0 Å². The summed E-state index contributed by atoms with van der Waals surface area (Å²) >= 11 is 0. The van der Waals surface area contributed by atoms with Gasteiger partial charge in [0.1, 0.15) is 0 Å². The fraction of sp³-hybridized carbons (Fsp3) is 0.600. The molecule has 5 heteroatoms. The maximum absolute atomic E-state index is 13.3. The van der Waals surface area contributed by atoms with Crippen LogP contribution in [0.1, 0.15) is 30.9 Å². The highest BCUT2D eigenvalue weighted by molar-refractivity contribution is 5.20. The molecule has 1 aliphatic heterocycles. The molecule has 0 aromatic heterocycles. The predicted octanol–water partition coefficient (Wildman–Crippen LogP) is 2.50. The Balaban J connectivity index is 1.87. The molecule has 1 unspecified atom stereocenters. The van der Waals surface area contributed by atoms with Gasteiger partial charge in [0, 0.05) is 19.7 Å². The molecule has 112 valence electrons. The zero-order valence-electron chi connectivity index (χ0n) is 11.5. The van der Waals surface area contributed by atoms with Crippen molar-refractivity contribution in [2.24, 2.45) is 0 Å². The van der Waals surface area contributed by atoms with Crippen molar-refractivity contribution < 1.29 is 18.6 Å². The Morgan fingerprint density at radius 2 is 2.05 bits per heavy atom. The highest BCUT2D eigenvalue weighted by atomic mass is 19.2. The maximum atomic E-state index is 13.3. The van der Waals surface area contributed by atoms with Gasteiger partial charge in [-0.05, 0) is 43.5 Å². The SMILES string of the molecule is OCCCCCN1CCOC(c2ccc(F)c(F)c2)C1. The lowest BCUT2D eigenvalue weighted by molar-refractivity contribution is -0.0306. The summed E-state index contributed by atoms with van der Waals surface area (Å²) < 4.78 is 31.8. The van der Waals surface area contributed by atoms with E-state index in [0.29, 0.717) is 18.7 Å². The number of halogens is 2. The zero-order chi connectivity index (χ0) is 14.4. The third kappa shape index (κ3) is 4.23. The normalized spacial score (nSPS) is 20.2. The van der Waals surface area contributed by atoms with Gasteiger partial charge in [0.15, 0.2) is 11.6 Å². The number of ether oxygens (including phenoxy) is 1. The minimum atomic E-state index is -0.828. The van der Waals surface area contributed by atoms with Crippen molar-refractivity contribution in [3.63, 3.8) is 0 Å². The number of unbranched alkanes of at least 4 members (excludes halogenated alkanes) is 2. The molecule has 0 aliphatic carbocycles. The molecule has 1 saturated heterocycles. The lowest BCUT2D eigenvalue weighted by atomic mass is 10.1. The first kappa shape index (κ1) is 15.4. The lowest BCUT2D eigenvalue weighted by Gasteiger charge is -2.33. The van der Waals surface area contributed by atoms with Crippen LogP contribution in [-0.4, -0.2) is 42.9 Å². The van der Waals surface area contributed by atoms with Crippen molar-refractivity contribution in [3.05, 3.63) is 35.4 Å². The third-order valence-electron chi connectivity index (χ3n) is 3.60. The van der Waals surface area contributed by atoms with Crippen LogP contribution in [0.4, 0.5) is 8.78 Å². The first-order valence-corrected chi connectivity index (χ1v) is 7.10. The minimum absolute atomic E-state index is 0.198. The van der Waals surface area contributed by atoms with Crippen LogP contribution in [0.15, 0.2) is 18.2 Å².